The number of nitrogens with one attached hydrogen (secondary N) is 1. The summed E-state index contributed by atoms with van der Waals surface area (Å²) < 4.78 is 5.67. The predicted octanol–water partition coefficient (Wildman–Crippen LogP) is 4.28. The van der Waals surface area contributed by atoms with Gasteiger partial charge < -0.3 is 9.52 Å². The molecule has 3 aromatic rings. The molecule has 5 heteroatoms. The number of rotatable bonds is 3. The van der Waals surface area contributed by atoms with E-state index in [0.717, 1.165) is 22.1 Å². The van der Waals surface area contributed by atoms with Crippen molar-refractivity contribution < 1.29 is 14.3 Å². The van der Waals surface area contributed by atoms with Crippen molar-refractivity contribution in [3.05, 3.63) is 78.2 Å². The Labute approximate surface area is 143 Å². The Morgan fingerprint density at radius 2 is 1.92 bits per heavy atom. The molecule has 0 aliphatic carbocycles. The molecule has 0 unspecified atom stereocenters. The molecule has 5 nitrogen and oxygen atoms in total. The Kier molecular flexibility index (Phi) is 3.67. The van der Waals surface area contributed by atoms with Crippen LogP contribution in [0.25, 0.3) is 27.7 Å². The largest absolute Gasteiger partial charge is 0.475 e. The van der Waals surface area contributed by atoms with Gasteiger partial charge in [-0.2, -0.15) is 5.10 Å². The lowest BCUT2D eigenvalue weighted by molar-refractivity contribution is 0.0666. The number of fused-ring (bicyclic) bond motifs is 1. The maximum Gasteiger partial charge on any atom is 0.372 e. The Morgan fingerprint density at radius 3 is 2.72 bits per heavy atom. The predicted molar refractivity (Wildman–Crippen MR) is 97.4 cm³/mol. The molecule has 0 radical (unpaired) electrons. The highest BCUT2D eigenvalue weighted by molar-refractivity contribution is 6.18. The van der Waals surface area contributed by atoms with E-state index >= 15 is 0 Å². The second-order valence-corrected chi connectivity index (χ2v) is 5.52. The van der Waals surface area contributed by atoms with Crippen LogP contribution in [0.15, 0.2) is 76.4 Å². The highest BCUT2D eigenvalue weighted by Gasteiger charge is 2.23. The SMILES string of the molecule is O=C(O)c1oc2cccc(C3=CC=CNN=C3)c2c1-c1ccccc1. The minimum atomic E-state index is -1.09. The average molecular weight is 330 g/mol. The summed E-state index contributed by atoms with van der Waals surface area (Å²) in [6.07, 6.45) is 7.19. The third kappa shape index (κ3) is 2.61. The summed E-state index contributed by atoms with van der Waals surface area (Å²) in [6, 6.07) is 15.0. The Hall–Kier alpha value is -3.60. The molecular formula is C20H14N2O3. The molecule has 1 aromatic heterocycles. The second-order valence-electron chi connectivity index (χ2n) is 5.52. The fourth-order valence-corrected chi connectivity index (χ4v) is 2.97. The zero-order valence-electron chi connectivity index (χ0n) is 13.1. The van der Waals surface area contributed by atoms with E-state index in [2.05, 4.69) is 10.5 Å². The van der Waals surface area contributed by atoms with Gasteiger partial charge in [-0.25, -0.2) is 4.79 Å². The first kappa shape index (κ1) is 15.0. The summed E-state index contributed by atoms with van der Waals surface area (Å²) in [5, 5.41) is 14.5. The minimum absolute atomic E-state index is 0.0616. The average Bonchev–Trinajstić information content (AvgIpc) is 2.83. The van der Waals surface area contributed by atoms with E-state index in [1.54, 1.807) is 18.5 Å². The molecule has 2 aromatic carbocycles. The van der Waals surface area contributed by atoms with Crippen molar-refractivity contribution in [1.82, 2.24) is 5.43 Å². The quantitative estimate of drug-likeness (QED) is 0.751. The molecule has 0 saturated heterocycles. The summed E-state index contributed by atoms with van der Waals surface area (Å²) in [5.41, 5.74) is 6.42. The number of carboxylic acid groups (broad SMARTS) is 1. The summed E-state index contributed by atoms with van der Waals surface area (Å²) in [5.74, 6) is -1.15. The second kappa shape index (κ2) is 6.13. The molecule has 0 fully saturated rings. The zero-order chi connectivity index (χ0) is 17.2. The van der Waals surface area contributed by atoms with Crippen molar-refractivity contribution in [1.29, 1.82) is 0 Å². The number of carbonyl (C=O) groups is 1. The van der Waals surface area contributed by atoms with E-state index in [1.165, 1.54) is 0 Å². The van der Waals surface area contributed by atoms with Crippen molar-refractivity contribution in [3.63, 3.8) is 0 Å². The van der Waals surface area contributed by atoms with Crippen molar-refractivity contribution in [3.8, 4) is 11.1 Å². The summed E-state index contributed by atoms with van der Waals surface area (Å²) in [6.45, 7) is 0. The molecule has 122 valence electrons. The minimum Gasteiger partial charge on any atom is -0.475 e. The maximum absolute atomic E-state index is 11.8. The fourth-order valence-electron chi connectivity index (χ4n) is 2.97. The zero-order valence-corrected chi connectivity index (χ0v) is 13.1. The first-order valence-electron chi connectivity index (χ1n) is 7.76. The van der Waals surface area contributed by atoms with Gasteiger partial charge in [0.05, 0.1) is 6.21 Å². The third-order valence-corrected chi connectivity index (χ3v) is 4.01. The van der Waals surface area contributed by atoms with Crippen LogP contribution < -0.4 is 5.43 Å². The smallest absolute Gasteiger partial charge is 0.372 e. The number of nitrogens with zero attached hydrogens (tertiary/aromatic N) is 1. The summed E-state index contributed by atoms with van der Waals surface area (Å²) in [4.78, 5) is 11.8. The van der Waals surface area contributed by atoms with Crippen LogP contribution in [-0.2, 0) is 0 Å². The molecule has 1 aliphatic rings. The lowest BCUT2D eigenvalue weighted by Gasteiger charge is -2.06. The number of aromatic carboxylic acids is 1. The van der Waals surface area contributed by atoms with Gasteiger partial charge in [-0.15, -0.1) is 0 Å². The molecule has 4 rings (SSSR count). The summed E-state index contributed by atoms with van der Waals surface area (Å²) >= 11 is 0. The molecular weight excluding hydrogens is 316 g/mol. The Bertz CT molecular complexity index is 1040. The standard InChI is InChI=1S/C20H14N2O3/c23-20(24)19-17(13-6-2-1-3-7-13)18-15(9-4-10-16(18)25-19)14-8-5-11-21-22-12-14/h1-12,21H,(H,23,24). The number of carboxylic acids is 1. The maximum atomic E-state index is 11.8. The third-order valence-electron chi connectivity index (χ3n) is 4.01. The molecule has 0 spiro atoms. The van der Waals surface area contributed by atoms with Crippen LogP contribution in [0.2, 0.25) is 0 Å². The van der Waals surface area contributed by atoms with E-state index < -0.39 is 5.97 Å². The van der Waals surface area contributed by atoms with E-state index in [4.69, 9.17) is 4.42 Å². The number of hydrogen-bond donors (Lipinski definition) is 2. The number of furan rings is 1. The van der Waals surface area contributed by atoms with Gasteiger partial charge in [-0.3, -0.25) is 5.43 Å². The van der Waals surface area contributed by atoms with E-state index in [0.29, 0.717) is 11.1 Å². The van der Waals surface area contributed by atoms with Gasteiger partial charge in [-0.1, -0.05) is 48.5 Å². The molecule has 0 atom stereocenters. The fraction of sp³-hybridized carbons (Fsp3) is 0. The number of allylic oxidation sites excluding steroid dienone is 3. The van der Waals surface area contributed by atoms with E-state index in [-0.39, 0.29) is 5.76 Å². The van der Waals surface area contributed by atoms with Crippen LogP contribution >= 0.6 is 0 Å². The van der Waals surface area contributed by atoms with Gasteiger partial charge in [-0.05, 0) is 23.3 Å². The molecule has 2 N–H and O–H groups in total. The van der Waals surface area contributed by atoms with Crippen molar-refractivity contribution >= 4 is 28.7 Å². The van der Waals surface area contributed by atoms with Crippen LogP contribution in [0.3, 0.4) is 0 Å². The van der Waals surface area contributed by atoms with Gasteiger partial charge >= 0.3 is 5.97 Å². The van der Waals surface area contributed by atoms with Crippen LogP contribution in [0.1, 0.15) is 16.1 Å². The van der Waals surface area contributed by atoms with Gasteiger partial charge in [0.2, 0.25) is 5.76 Å². The van der Waals surface area contributed by atoms with Crippen molar-refractivity contribution in [2.75, 3.05) is 0 Å². The topological polar surface area (TPSA) is 74.8 Å². The Morgan fingerprint density at radius 1 is 1.08 bits per heavy atom. The van der Waals surface area contributed by atoms with Gasteiger partial charge in [0, 0.05) is 22.7 Å². The number of hydrogen-bond acceptors (Lipinski definition) is 4. The monoisotopic (exact) mass is 330 g/mol. The molecule has 0 amide bonds. The van der Waals surface area contributed by atoms with Crippen LogP contribution in [0, 0.1) is 0 Å². The lowest BCUT2D eigenvalue weighted by Crippen LogP contribution is -1.97. The van der Waals surface area contributed by atoms with Crippen LogP contribution in [-0.4, -0.2) is 17.3 Å². The summed E-state index contributed by atoms with van der Waals surface area (Å²) in [7, 11) is 0. The van der Waals surface area contributed by atoms with Crippen LogP contribution in [0.4, 0.5) is 0 Å². The van der Waals surface area contributed by atoms with Gasteiger partial charge in [0.15, 0.2) is 0 Å². The van der Waals surface area contributed by atoms with Gasteiger partial charge in [0.25, 0.3) is 0 Å². The first-order valence-corrected chi connectivity index (χ1v) is 7.76. The first-order chi connectivity index (χ1) is 12.3. The van der Waals surface area contributed by atoms with E-state index in [9.17, 15) is 9.90 Å². The lowest BCUT2D eigenvalue weighted by atomic mass is 9.95. The highest BCUT2D eigenvalue weighted by Crippen LogP contribution is 2.39. The molecule has 25 heavy (non-hydrogen) atoms. The van der Waals surface area contributed by atoms with Crippen molar-refractivity contribution in [2.24, 2.45) is 5.10 Å². The molecule has 0 saturated carbocycles. The molecule has 2 heterocycles. The van der Waals surface area contributed by atoms with E-state index in [1.807, 2.05) is 54.6 Å². The number of hydrazone groups is 1. The molecule has 1 aliphatic heterocycles. The van der Waals surface area contributed by atoms with Crippen molar-refractivity contribution in [2.45, 2.75) is 0 Å². The molecule has 0 bridgehead atoms. The Balaban J connectivity index is 2.08. The van der Waals surface area contributed by atoms with Gasteiger partial charge in [0.1, 0.15) is 5.58 Å². The highest BCUT2D eigenvalue weighted by atomic mass is 16.4. The number of benzene rings is 2. The normalized spacial score (nSPS) is 13.4. The van der Waals surface area contributed by atoms with Crippen LogP contribution in [0.5, 0.6) is 0 Å².